The Morgan fingerprint density at radius 2 is 1.95 bits per heavy atom. The highest BCUT2D eigenvalue weighted by Gasteiger charge is 2.25. The van der Waals surface area contributed by atoms with Gasteiger partial charge in [-0.05, 0) is 24.8 Å². The lowest BCUT2D eigenvalue weighted by Crippen LogP contribution is -2.45. The van der Waals surface area contributed by atoms with Crippen LogP contribution in [0.4, 0.5) is 0 Å². The fourth-order valence-electron chi connectivity index (χ4n) is 2.39. The molecule has 0 unspecified atom stereocenters. The van der Waals surface area contributed by atoms with E-state index in [1.54, 1.807) is 0 Å². The van der Waals surface area contributed by atoms with E-state index in [1.165, 1.54) is 0 Å². The number of hydrogen-bond acceptors (Lipinski definition) is 4. The predicted octanol–water partition coefficient (Wildman–Crippen LogP) is 2.78. The zero-order valence-corrected chi connectivity index (χ0v) is 13.4. The molecular formula is C16H25ClN2O2. The van der Waals surface area contributed by atoms with Crippen LogP contribution in [0.25, 0.3) is 0 Å². The Morgan fingerprint density at radius 3 is 2.57 bits per heavy atom. The number of benzene rings is 1. The lowest BCUT2D eigenvalue weighted by Gasteiger charge is -2.31. The summed E-state index contributed by atoms with van der Waals surface area (Å²) in [7, 11) is 0. The van der Waals surface area contributed by atoms with Crippen LogP contribution in [0, 0.1) is 5.92 Å². The number of piperidine rings is 1. The standard InChI is InChI=1S/C16H24N2O2.ClH/c1-2-10-17-18-11-8-15(9-12-18)16(19)20-13-14-6-4-3-5-7-14;/h3-7,15,17H,2,8-13H2,1H3;1H. The van der Waals surface area contributed by atoms with Crippen LogP contribution in [0.3, 0.4) is 0 Å². The highest BCUT2D eigenvalue weighted by Crippen LogP contribution is 2.18. The van der Waals surface area contributed by atoms with E-state index < -0.39 is 0 Å². The maximum absolute atomic E-state index is 12.0. The molecule has 0 atom stereocenters. The molecule has 4 nitrogen and oxygen atoms in total. The first-order chi connectivity index (χ1) is 9.79. The summed E-state index contributed by atoms with van der Waals surface area (Å²) < 4.78 is 5.41. The molecule has 1 fully saturated rings. The topological polar surface area (TPSA) is 41.6 Å². The number of rotatable bonds is 6. The second-order valence-corrected chi connectivity index (χ2v) is 5.26. The average Bonchev–Trinajstić information content (AvgIpc) is 2.52. The molecule has 1 aromatic rings. The van der Waals surface area contributed by atoms with Gasteiger partial charge < -0.3 is 4.74 Å². The van der Waals surface area contributed by atoms with Crippen molar-refractivity contribution in [2.24, 2.45) is 5.92 Å². The van der Waals surface area contributed by atoms with Gasteiger partial charge in [-0.2, -0.15) is 0 Å². The summed E-state index contributed by atoms with van der Waals surface area (Å²) in [5.41, 5.74) is 4.41. The molecule has 0 radical (unpaired) electrons. The number of carbonyl (C=O) groups is 1. The van der Waals surface area contributed by atoms with E-state index in [4.69, 9.17) is 4.74 Å². The number of nitrogens with one attached hydrogen (secondary N) is 1. The first-order valence-electron chi connectivity index (χ1n) is 7.48. The van der Waals surface area contributed by atoms with Crippen molar-refractivity contribution in [3.8, 4) is 0 Å². The molecule has 0 amide bonds. The Kier molecular flexibility index (Phi) is 8.35. The summed E-state index contributed by atoms with van der Waals surface area (Å²) in [6, 6.07) is 9.83. The van der Waals surface area contributed by atoms with Crippen LogP contribution in [-0.4, -0.2) is 30.6 Å². The Bertz CT molecular complexity index is 406. The molecule has 2 rings (SSSR count). The van der Waals surface area contributed by atoms with Gasteiger partial charge in [0.1, 0.15) is 6.61 Å². The largest absolute Gasteiger partial charge is 0.461 e. The van der Waals surface area contributed by atoms with Crippen LogP contribution in [0.15, 0.2) is 30.3 Å². The lowest BCUT2D eigenvalue weighted by atomic mass is 9.98. The molecule has 1 N–H and O–H groups in total. The van der Waals surface area contributed by atoms with Gasteiger partial charge in [-0.25, -0.2) is 5.01 Å². The molecule has 0 spiro atoms. The SMILES string of the molecule is CCCNN1CCC(C(=O)OCc2ccccc2)CC1.Cl. The van der Waals surface area contributed by atoms with Gasteiger partial charge in [0.2, 0.25) is 0 Å². The van der Waals surface area contributed by atoms with Crippen LogP contribution in [0.5, 0.6) is 0 Å². The summed E-state index contributed by atoms with van der Waals surface area (Å²) in [5.74, 6) is 0.00221. The highest BCUT2D eigenvalue weighted by atomic mass is 35.5. The van der Waals surface area contributed by atoms with Gasteiger partial charge in [-0.3, -0.25) is 10.2 Å². The van der Waals surface area contributed by atoms with Crippen LogP contribution in [-0.2, 0) is 16.1 Å². The first kappa shape index (κ1) is 18.0. The second-order valence-electron chi connectivity index (χ2n) is 5.26. The maximum Gasteiger partial charge on any atom is 0.309 e. The molecular weight excluding hydrogens is 288 g/mol. The van der Waals surface area contributed by atoms with Crippen molar-refractivity contribution >= 4 is 18.4 Å². The number of hydrazine groups is 1. The molecule has 0 saturated carbocycles. The van der Waals surface area contributed by atoms with E-state index in [0.717, 1.165) is 44.5 Å². The minimum Gasteiger partial charge on any atom is -0.461 e. The van der Waals surface area contributed by atoms with E-state index in [9.17, 15) is 4.79 Å². The fourth-order valence-corrected chi connectivity index (χ4v) is 2.39. The lowest BCUT2D eigenvalue weighted by molar-refractivity contribution is -0.151. The summed E-state index contributed by atoms with van der Waals surface area (Å²) in [6.45, 7) is 5.38. The Morgan fingerprint density at radius 1 is 1.29 bits per heavy atom. The van der Waals surface area contributed by atoms with Gasteiger partial charge in [0.05, 0.1) is 5.92 Å². The van der Waals surface area contributed by atoms with Crippen LogP contribution in [0.2, 0.25) is 0 Å². The minimum atomic E-state index is -0.0519. The zero-order chi connectivity index (χ0) is 14.2. The van der Waals surface area contributed by atoms with Crippen molar-refractivity contribution in [1.29, 1.82) is 0 Å². The van der Waals surface area contributed by atoms with Gasteiger partial charge >= 0.3 is 5.97 Å². The zero-order valence-electron chi connectivity index (χ0n) is 12.6. The van der Waals surface area contributed by atoms with Crippen molar-refractivity contribution in [2.45, 2.75) is 32.8 Å². The summed E-state index contributed by atoms with van der Waals surface area (Å²) >= 11 is 0. The maximum atomic E-state index is 12.0. The van der Waals surface area contributed by atoms with E-state index in [1.807, 2.05) is 30.3 Å². The van der Waals surface area contributed by atoms with Gasteiger partial charge in [0.25, 0.3) is 0 Å². The Hall–Kier alpha value is -1.10. The molecule has 1 saturated heterocycles. The number of nitrogens with zero attached hydrogens (tertiary/aromatic N) is 1. The molecule has 21 heavy (non-hydrogen) atoms. The molecule has 5 heteroatoms. The number of esters is 1. The third kappa shape index (κ3) is 6.04. The van der Waals surface area contributed by atoms with Gasteiger partial charge in [0.15, 0.2) is 0 Å². The quantitative estimate of drug-likeness (QED) is 0.820. The van der Waals surface area contributed by atoms with Gasteiger partial charge in [-0.1, -0.05) is 37.3 Å². The molecule has 1 heterocycles. The highest BCUT2D eigenvalue weighted by molar-refractivity contribution is 5.85. The van der Waals surface area contributed by atoms with Crippen molar-refractivity contribution in [1.82, 2.24) is 10.4 Å². The minimum absolute atomic E-state index is 0. The third-order valence-corrected chi connectivity index (χ3v) is 3.64. The molecule has 0 aliphatic carbocycles. The van der Waals surface area contributed by atoms with Crippen molar-refractivity contribution in [2.75, 3.05) is 19.6 Å². The predicted molar refractivity (Wildman–Crippen MR) is 86.1 cm³/mol. The smallest absolute Gasteiger partial charge is 0.309 e. The fraction of sp³-hybridized carbons (Fsp3) is 0.562. The van der Waals surface area contributed by atoms with E-state index in [0.29, 0.717) is 6.61 Å². The number of halogens is 1. The Labute approximate surface area is 133 Å². The monoisotopic (exact) mass is 312 g/mol. The number of ether oxygens (including phenoxy) is 1. The van der Waals surface area contributed by atoms with Crippen LogP contribution >= 0.6 is 12.4 Å². The van der Waals surface area contributed by atoms with E-state index in [2.05, 4.69) is 17.4 Å². The van der Waals surface area contributed by atoms with E-state index >= 15 is 0 Å². The van der Waals surface area contributed by atoms with Gasteiger partial charge in [0, 0.05) is 19.6 Å². The summed E-state index contributed by atoms with van der Waals surface area (Å²) in [4.78, 5) is 12.0. The second kappa shape index (κ2) is 9.77. The Balaban J connectivity index is 0.00000220. The van der Waals surface area contributed by atoms with Crippen molar-refractivity contribution in [3.05, 3.63) is 35.9 Å². The molecule has 0 bridgehead atoms. The summed E-state index contributed by atoms with van der Waals surface area (Å²) in [6.07, 6.45) is 2.88. The molecule has 0 aromatic heterocycles. The summed E-state index contributed by atoms with van der Waals surface area (Å²) in [5, 5.41) is 2.21. The van der Waals surface area contributed by atoms with Crippen molar-refractivity contribution in [3.63, 3.8) is 0 Å². The molecule has 1 aliphatic rings. The molecule has 1 aromatic carbocycles. The van der Waals surface area contributed by atoms with E-state index in [-0.39, 0.29) is 24.3 Å². The van der Waals surface area contributed by atoms with Crippen LogP contribution in [0.1, 0.15) is 31.7 Å². The third-order valence-electron chi connectivity index (χ3n) is 3.64. The molecule has 118 valence electrons. The number of hydrogen-bond donors (Lipinski definition) is 1. The number of carbonyl (C=O) groups excluding carboxylic acids is 1. The van der Waals surface area contributed by atoms with Crippen LogP contribution < -0.4 is 5.43 Å². The van der Waals surface area contributed by atoms with Crippen molar-refractivity contribution < 1.29 is 9.53 Å². The van der Waals surface area contributed by atoms with Gasteiger partial charge in [-0.15, -0.1) is 12.4 Å². The molecule has 1 aliphatic heterocycles. The normalized spacial score (nSPS) is 16.2. The first-order valence-corrected chi connectivity index (χ1v) is 7.48. The average molecular weight is 313 g/mol.